The Morgan fingerprint density at radius 2 is 1.81 bits per heavy atom. The van der Waals surface area contributed by atoms with Crippen molar-refractivity contribution in [3.05, 3.63) is 64.8 Å². The smallest absolute Gasteiger partial charge is 0.261 e. The van der Waals surface area contributed by atoms with Crippen LogP contribution in [0.3, 0.4) is 0 Å². The molecule has 3 heterocycles. The van der Waals surface area contributed by atoms with Gasteiger partial charge < -0.3 is 20.3 Å². The number of fused-ring (bicyclic) bond motifs is 2. The van der Waals surface area contributed by atoms with Crippen LogP contribution in [0, 0.1) is 0 Å². The molecular formula is C26H26ClN5O4. The summed E-state index contributed by atoms with van der Waals surface area (Å²) in [5.74, 6) is -0.944. The lowest BCUT2D eigenvalue weighted by atomic mass is 10.1. The van der Waals surface area contributed by atoms with Crippen LogP contribution >= 0.6 is 11.6 Å². The molecule has 2 aliphatic heterocycles. The number of hydrogen-bond acceptors (Lipinski definition) is 7. The molecule has 0 saturated carbocycles. The lowest BCUT2D eigenvalue weighted by Crippen LogP contribution is -2.36. The molecule has 0 atom stereocenters. The van der Waals surface area contributed by atoms with Gasteiger partial charge in [0.2, 0.25) is 5.91 Å². The Balaban J connectivity index is 1.11. The highest BCUT2D eigenvalue weighted by Gasteiger charge is 2.36. The number of nitrogens with zero attached hydrogens (tertiary/aromatic N) is 3. The zero-order valence-corrected chi connectivity index (χ0v) is 20.4. The van der Waals surface area contributed by atoms with E-state index in [1.54, 1.807) is 30.5 Å². The highest BCUT2D eigenvalue weighted by atomic mass is 35.5. The van der Waals surface area contributed by atoms with Crippen molar-refractivity contribution < 1.29 is 19.1 Å². The van der Waals surface area contributed by atoms with Gasteiger partial charge >= 0.3 is 0 Å². The van der Waals surface area contributed by atoms with Crippen molar-refractivity contribution in [1.29, 1.82) is 0 Å². The number of aromatic nitrogens is 1. The first-order chi connectivity index (χ1) is 17.5. The van der Waals surface area contributed by atoms with Crippen molar-refractivity contribution >= 4 is 51.6 Å². The number of amides is 3. The second-order valence-electron chi connectivity index (χ2n) is 8.64. The quantitative estimate of drug-likeness (QED) is 0.357. The molecule has 0 bridgehead atoms. The Morgan fingerprint density at radius 3 is 2.64 bits per heavy atom. The number of anilines is 2. The van der Waals surface area contributed by atoms with Gasteiger partial charge in [-0.3, -0.25) is 24.3 Å². The van der Waals surface area contributed by atoms with Crippen molar-refractivity contribution in [3.63, 3.8) is 0 Å². The molecule has 186 valence electrons. The molecule has 1 fully saturated rings. The molecule has 10 heteroatoms. The highest BCUT2D eigenvalue weighted by molar-refractivity contribution is 6.31. The maximum Gasteiger partial charge on any atom is 0.261 e. The van der Waals surface area contributed by atoms with Crippen LogP contribution in [-0.2, 0) is 9.53 Å². The average molecular weight is 508 g/mol. The summed E-state index contributed by atoms with van der Waals surface area (Å²) in [6.45, 7) is 3.68. The Labute approximate surface area is 213 Å². The fourth-order valence-electron chi connectivity index (χ4n) is 4.48. The average Bonchev–Trinajstić information content (AvgIpc) is 3.14. The molecule has 3 aromatic rings. The summed E-state index contributed by atoms with van der Waals surface area (Å²) in [6, 6.07) is 12.7. The summed E-state index contributed by atoms with van der Waals surface area (Å²) in [5, 5.41) is 7.68. The van der Waals surface area contributed by atoms with Gasteiger partial charge in [0.05, 0.1) is 29.9 Å². The van der Waals surface area contributed by atoms with Crippen LogP contribution in [0.25, 0.3) is 10.9 Å². The molecule has 5 rings (SSSR count). The second-order valence-corrected chi connectivity index (χ2v) is 9.07. The third kappa shape index (κ3) is 4.98. The molecule has 2 aromatic carbocycles. The maximum absolute atomic E-state index is 12.9. The summed E-state index contributed by atoms with van der Waals surface area (Å²) in [4.78, 5) is 45.7. The lowest BCUT2D eigenvalue weighted by molar-refractivity contribution is -0.121. The Hall–Kier alpha value is -3.69. The normalized spacial score (nSPS) is 15.4. The van der Waals surface area contributed by atoms with E-state index in [1.807, 2.05) is 18.2 Å². The van der Waals surface area contributed by atoms with Crippen LogP contribution in [0.4, 0.5) is 11.4 Å². The molecule has 36 heavy (non-hydrogen) atoms. The molecule has 9 nitrogen and oxygen atoms in total. The topological polar surface area (TPSA) is 104 Å². The van der Waals surface area contributed by atoms with Gasteiger partial charge in [0, 0.05) is 67.1 Å². The van der Waals surface area contributed by atoms with Crippen molar-refractivity contribution in [3.8, 4) is 0 Å². The molecule has 0 aliphatic carbocycles. The second kappa shape index (κ2) is 10.5. The largest absolute Gasteiger partial charge is 0.383 e. The van der Waals surface area contributed by atoms with Gasteiger partial charge in [-0.1, -0.05) is 11.6 Å². The van der Waals surface area contributed by atoms with Crippen LogP contribution in [0.15, 0.2) is 48.7 Å². The van der Waals surface area contributed by atoms with E-state index in [-0.39, 0.29) is 30.7 Å². The molecule has 3 amide bonds. The number of pyridine rings is 1. The summed E-state index contributed by atoms with van der Waals surface area (Å²) < 4.78 is 5.38. The van der Waals surface area contributed by atoms with E-state index >= 15 is 0 Å². The number of carbonyl (C=O) groups excluding carboxylic acids is 3. The van der Waals surface area contributed by atoms with Gasteiger partial charge in [-0.15, -0.1) is 0 Å². The minimum Gasteiger partial charge on any atom is -0.383 e. The molecule has 0 unspecified atom stereocenters. The van der Waals surface area contributed by atoms with E-state index in [4.69, 9.17) is 16.3 Å². The standard InChI is InChI=1S/C26H26ClN5O4/c27-17-1-3-20-22(5-7-28-23(20)15-17)29-8-9-30-24(33)6-10-32-25(34)19-4-2-18(16-21(19)26(32)35)31-11-13-36-14-12-31/h1-5,7,15-16H,6,8-14H2,(H,28,29)(H,30,33). The van der Waals surface area contributed by atoms with Crippen LogP contribution < -0.4 is 15.5 Å². The molecule has 2 aliphatic rings. The summed E-state index contributed by atoms with van der Waals surface area (Å²) >= 11 is 6.03. The first kappa shape index (κ1) is 24.0. The van der Waals surface area contributed by atoms with Gasteiger partial charge in [-0.05, 0) is 42.5 Å². The number of rotatable bonds is 8. The lowest BCUT2D eigenvalue weighted by Gasteiger charge is -2.29. The van der Waals surface area contributed by atoms with E-state index < -0.39 is 0 Å². The third-order valence-electron chi connectivity index (χ3n) is 6.36. The SMILES string of the molecule is O=C(CCN1C(=O)c2ccc(N3CCOCC3)cc2C1=O)NCCNc1ccnc2cc(Cl)ccc12. The minimum atomic E-state index is -0.359. The van der Waals surface area contributed by atoms with E-state index in [0.717, 1.165) is 40.3 Å². The first-order valence-electron chi connectivity index (χ1n) is 11.9. The predicted molar refractivity (Wildman–Crippen MR) is 138 cm³/mol. The Kier molecular flexibility index (Phi) is 7.02. The van der Waals surface area contributed by atoms with Crippen molar-refractivity contribution in [1.82, 2.24) is 15.2 Å². The van der Waals surface area contributed by atoms with Gasteiger partial charge in [0.25, 0.3) is 11.8 Å². The van der Waals surface area contributed by atoms with Gasteiger partial charge in [-0.25, -0.2) is 0 Å². The van der Waals surface area contributed by atoms with Crippen LogP contribution in [0.2, 0.25) is 5.02 Å². The highest BCUT2D eigenvalue weighted by Crippen LogP contribution is 2.28. The maximum atomic E-state index is 12.9. The third-order valence-corrected chi connectivity index (χ3v) is 6.60. The summed E-state index contributed by atoms with van der Waals surface area (Å²) in [5.41, 5.74) is 3.35. The van der Waals surface area contributed by atoms with E-state index in [1.165, 1.54) is 0 Å². The Morgan fingerprint density at radius 1 is 1.00 bits per heavy atom. The van der Waals surface area contributed by atoms with E-state index in [0.29, 0.717) is 42.5 Å². The van der Waals surface area contributed by atoms with Gasteiger partial charge in [-0.2, -0.15) is 0 Å². The molecule has 1 saturated heterocycles. The van der Waals surface area contributed by atoms with Gasteiger partial charge in [0.1, 0.15) is 0 Å². The minimum absolute atomic E-state index is 0.0360. The number of imide groups is 1. The van der Waals surface area contributed by atoms with Crippen LogP contribution in [0.1, 0.15) is 27.1 Å². The predicted octanol–water partition coefficient (Wildman–Crippen LogP) is 2.94. The number of nitrogens with one attached hydrogen (secondary N) is 2. The molecule has 2 N–H and O–H groups in total. The van der Waals surface area contributed by atoms with E-state index in [9.17, 15) is 14.4 Å². The van der Waals surface area contributed by atoms with Crippen LogP contribution in [0.5, 0.6) is 0 Å². The molecule has 0 radical (unpaired) electrons. The number of ether oxygens (including phenoxy) is 1. The van der Waals surface area contributed by atoms with Crippen molar-refractivity contribution in [2.24, 2.45) is 0 Å². The zero-order valence-electron chi connectivity index (χ0n) is 19.6. The number of morpholine rings is 1. The number of halogens is 1. The van der Waals surface area contributed by atoms with Crippen molar-refractivity contribution in [2.75, 3.05) is 56.2 Å². The molecule has 0 spiro atoms. The number of benzene rings is 2. The first-order valence-corrected chi connectivity index (χ1v) is 12.3. The molecule has 1 aromatic heterocycles. The van der Waals surface area contributed by atoms with Crippen LogP contribution in [-0.4, -0.2) is 73.5 Å². The fourth-order valence-corrected chi connectivity index (χ4v) is 4.64. The summed E-state index contributed by atoms with van der Waals surface area (Å²) in [7, 11) is 0. The number of hydrogen-bond donors (Lipinski definition) is 2. The van der Waals surface area contributed by atoms with Crippen molar-refractivity contribution in [2.45, 2.75) is 6.42 Å². The molecular weight excluding hydrogens is 482 g/mol. The zero-order chi connectivity index (χ0) is 25.1. The fraction of sp³-hybridized carbons (Fsp3) is 0.308. The Bertz CT molecular complexity index is 1320. The van der Waals surface area contributed by atoms with Gasteiger partial charge in [0.15, 0.2) is 0 Å². The monoisotopic (exact) mass is 507 g/mol. The number of carbonyl (C=O) groups is 3. The summed E-state index contributed by atoms with van der Waals surface area (Å²) in [6.07, 6.45) is 1.74. The van der Waals surface area contributed by atoms with E-state index in [2.05, 4.69) is 20.5 Å².